The Bertz CT molecular complexity index is 1260. The van der Waals surface area contributed by atoms with Crippen LogP contribution in [0.1, 0.15) is 86.0 Å². The third-order valence-electron chi connectivity index (χ3n) is 14.3. The summed E-state index contributed by atoms with van der Waals surface area (Å²) < 4.78 is 51.0. The quantitative estimate of drug-likeness (QED) is 0.116. The van der Waals surface area contributed by atoms with Crippen LogP contribution < -0.4 is 0 Å². The third kappa shape index (κ3) is 5.16. The van der Waals surface area contributed by atoms with Gasteiger partial charge in [0, 0.05) is 6.10 Å². The molecule has 6 rings (SSSR count). The molecule has 6 nitrogen and oxygen atoms in total. The molecule has 4 aliphatic carbocycles. The van der Waals surface area contributed by atoms with E-state index in [9.17, 15) is 8.42 Å². The van der Waals surface area contributed by atoms with E-state index in [0.717, 1.165) is 18.8 Å². The SMILES string of the molecule is CC(C)(C)[Si](C)(C)O[C@H]1CC[C@@]2(C)C(=CC[C@H]3[C@@H]4CC[C@H](C5(C(OS(C)(=O)=O)C6([Si](C)(C)C)CO6)CO5)[C@@]4(C)CC[C@@H]32)C1. The lowest BCUT2D eigenvalue weighted by atomic mass is 9.47. The van der Waals surface area contributed by atoms with Gasteiger partial charge >= 0.3 is 0 Å². The van der Waals surface area contributed by atoms with Crippen molar-refractivity contribution in [1.29, 1.82) is 0 Å². The molecule has 6 aliphatic rings. The van der Waals surface area contributed by atoms with Crippen LogP contribution in [-0.4, -0.2) is 67.3 Å². The molecule has 0 amide bonds. The smallest absolute Gasteiger partial charge is 0.264 e. The van der Waals surface area contributed by atoms with Crippen molar-refractivity contribution < 1.29 is 26.5 Å². The van der Waals surface area contributed by atoms with Crippen molar-refractivity contribution in [2.24, 2.45) is 34.5 Å². The number of ether oxygens (including phenoxy) is 2. The van der Waals surface area contributed by atoms with Crippen molar-refractivity contribution >= 4 is 26.5 Å². The van der Waals surface area contributed by atoms with Crippen LogP contribution in [-0.2, 0) is 28.2 Å². The van der Waals surface area contributed by atoms with E-state index >= 15 is 0 Å². The van der Waals surface area contributed by atoms with Crippen LogP contribution in [0.5, 0.6) is 0 Å². The maximum atomic E-state index is 12.7. The first-order valence-electron chi connectivity index (χ1n) is 17.1. The van der Waals surface area contributed by atoms with Crippen molar-refractivity contribution in [1.82, 2.24) is 0 Å². The molecule has 2 heterocycles. The average Bonchev–Trinajstić information content (AvgIpc) is 3.78. The maximum Gasteiger partial charge on any atom is 0.264 e. The Morgan fingerprint density at radius 1 is 0.953 bits per heavy atom. The summed E-state index contributed by atoms with van der Waals surface area (Å²) in [6, 6.07) is 0. The first-order chi connectivity index (χ1) is 19.6. The van der Waals surface area contributed by atoms with Crippen molar-refractivity contribution in [2.45, 2.75) is 147 Å². The molecule has 9 heteroatoms. The second kappa shape index (κ2) is 9.99. The number of epoxide rings is 2. The summed E-state index contributed by atoms with van der Waals surface area (Å²) in [5.74, 6) is 2.33. The van der Waals surface area contributed by atoms with Gasteiger partial charge < -0.3 is 13.9 Å². The Morgan fingerprint density at radius 2 is 1.60 bits per heavy atom. The highest BCUT2D eigenvalue weighted by atomic mass is 32.2. The van der Waals surface area contributed by atoms with E-state index in [1.54, 1.807) is 5.57 Å². The standard InChI is InChI=1S/C34H60O6SSi2/c1-30(2,3)43(10,11)40-24-16-18-31(4)23(20-24)12-13-25-26-14-15-28(32(26,5)19-17-27(25)31)33(21-37-33)29(39-41(6,35)36)34(22-38-34)42(7,8)9/h12,24-29H,13-22H2,1-11H3/t24-,25-,26-,27-,28-,29?,31-,32-,33?,34?/m0/s1. The number of hydrogen-bond acceptors (Lipinski definition) is 6. The normalized spacial score (nSPS) is 45.5. The van der Waals surface area contributed by atoms with E-state index in [4.69, 9.17) is 18.1 Å². The van der Waals surface area contributed by atoms with E-state index in [2.05, 4.69) is 73.4 Å². The summed E-state index contributed by atoms with van der Waals surface area (Å²) in [7, 11) is -7.38. The van der Waals surface area contributed by atoms with Crippen molar-refractivity contribution in [3.05, 3.63) is 11.6 Å². The van der Waals surface area contributed by atoms with Gasteiger partial charge in [0.15, 0.2) is 8.32 Å². The molecule has 0 spiro atoms. The Kier molecular flexibility index (Phi) is 7.64. The van der Waals surface area contributed by atoms with E-state index in [1.807, 2.05) is 0 Å². The van der Waals surface area contributed by atoms with Gasteiger partial charge in [-0.25, -0.2) is 0 Å². The van der Waals surface area contributed by atoms with Crippen LogP contribution in [0.25, 0.3) is 0 Å². The molecule has 0 aromatic heterocycles. The summed E-state index contributed by atoms with van der Waals surface area (Å²) in [6.45, 7) is 24.9. The Balaban J connectivity index is 1.24. The summed E-state index contributed by atoms with van der Waals surface area (Å²) >= 11 is 0. The minimum Gasteiger partial charge on any atom is -0.414 e. The molecular formula is C34H60O6SSi2. The van der Waals surface area contributed by atoms with Gasteiger partial charge in [0.25, 0.3) is 10.1 Å². The molecule has 0 bridgehead atoms. The van der Waals surface area contributed by atoms with Crippen LogP contribution in [0.15, 0.2) is 11.6 Å². The summed E-state index contributed by atoms with van der Waals surface area (Å²) in [6.07, 6.45) is 13.1. The molecule has 3 saturated carbocycles. The van der Waals surface area contributed by atoms with Gasteiger partial charge in [0.1, 0.15) is 16.9 Å². The molecule has 0 radical (unpaired) electrons. The second-order valence-electron chi connectivity index (χ2n) is 18.5. The van der Waals surface area contributed by atoms with Gasteiger partial charge in [-0.1, -0.05) is 65.9 Å². The molecule has 5 fully saturated rings. The zero-order chi connectivity index (χ0) is 31.6. The number of rotatable bonds is 8. The summed E-state index contributed by atoms with van der Waals surface area (Å²) in [5.41, 5.74) is 1.51. The molecular weight excluding hydrogens is 593 g/mol. The molecule has 0 N–H and O–H groups in total. The lowest BCUT2D eigenvalue weighted by molar-refractivity contribution is -0.0772. The fourth-order valence-corrected chi connectivity index (χ4v) is 14.7. The zero-order valence-corrected chi connectivity index (χ0v) is 31.8. The second-order valence-corrected chi connectivity index (χ2v) is 30.2. The Hall–Kier alpha value is -0.0362. The first-order valence-corrected chi connectivity index (χ1v) is 25.4. The number of allylic oxidation sites excluding steroid dienone is 1. The minimum absolute atomic E-state index is 0.122. The molecule has 2 aliphatic heterocycles. The Morgan fingerprint density at radius 3 is 2.14 bits per heavy atom. The van der Waals surface area contributed by atoms with Crippen LogP contribution in [0.4, 0.5) is 0 Å². The maximum absolute atomic E-state index is 12.7. The van der Waals surface area contributed by atoms with Gasteiger partial charge in [0.2, 0.25) is 0 Å². The van der Waals surface area contributed by atoms with Crippen molar-refractivity contribution in [2.75, 3.05) is 19.5 Å². The monoisotopic (exact) mass is 652 g/mol. The van der Waals surface area contributed by atoms with Gasteiger partial charge in [-0.3, -0.25) is 4.18 Å². The predicted molar refractivity (Wildman–Crippen MR) is 178 cm³/mol. The highest BCUT2D eigenvalue weighted by Crippen LogP contribution is 2.70. The first kappa shape index (κ1) is 32.9. The predicted octanol–water partition coefficient (Wildman–Crippen LogP) is 7.72. The molecule has 3 unspecified atom stereocenters. The van der Waals surface area contributed by atoms with Gasteiger partial charge in [-0.05, 0) is 104 Å². The molecule has 0 aromatic rings. The highest BCUT2D eigenvalue weighted by molar-refractivity contribution is 7.86. The molecule has 10 atom stereocenters. The van der Waals surface area contributed by atoms with E-state index in [1.165, 1.54) is 44.8 Å². The highest BCUT2D eigenvalue weighted by Gasteiger charge is 2.76. The van der Waals surface area contributed by atoms with E-state index in [-0.39, 0.29) is 15.9 Å². The number of fused-ring (bicyclic) bond motifs is 5. The summed E-state index contributed by atoms with van der Waals surface area (Å²) in [5, 5.41) is -0.264. The molecule has 43 heavy (non-hydrogen) atoms. The van der Waals surface area contributed by atoms with Gasteiger partial charge in [-0.2, -0.15) is 8.42 Å². The van der Waals surface area contributed by atoms with Crippen molar-refractivity contribution in [3.8, 4) is 0 Å². The van der Waals surface area contributed by atoms with Crippen LogP contribution in [0, 0.1) is 34.5 Å². The topological polar surface area (TPSA) is 77.7 Å². The molecule has 0 aromatic carbocycles. The molecule has 246 valence electrons. The van der Waals surface area contributed by atoms with Crippen LogP contribution in [0.2, 0.25) is 37.8 Å². The minimum atomic E-state index is -3.67. The largest absolute Gasteiger partial charge is 0.414 e. The van der Waals surface area contributed by atoms with Gasteiger partial charge in [-0.15, -0.1) is 0 Å². The van der Waals surface area contributed by atoms with Gasteiger partial charge in [0.05, 0.1) is 27.5 Å². The van der Waals surface area contributed by atoms with E-state index in [0.29, 0.717) is 37.1 Å². The lowest BCUT2D eigenvalue weighted by Crippen LogP contribution is -2.61. The van der Waals surface area contributed by atoms with Crippen LogP contribution in [0.3, 0.4) is 0 Å². The molecule has 2 saturated heterocycles. The fourth-order valence-electron chi connectivity index (χ4n) is 10.5. The third-order valence-corrected chi connectivity index (χ3v) is 22.4. The van der Waals surface area contributed by atoms with E-state index < -0.39 is 43.4 Å². The van der Waals surface area contributed by atoms with Crippen molar-refractivity contribution in [3.63, 3.8) is 0 Å². The Labute approximate surface area is 264 Å². The fraction of sp³-hybridized carbons (Fsp3) is 0.941. The van der Waals surface area contributed by atoms with Crippen LogP contribution >= 0.6 is 0 Å². The average molecular weight is 653 g/mol. The lowest BCUT2D eigenvalue weighted by Gasteiger charge is -2.59. The summed E-state index contributed by atoms with van der Waals surface area (Å²) in [4.78, 5) is 0. The number of hydrogen-bond donors (Lipinski definition) is 0. The zero-order valence-electron chi connectivity index (χ0n) is 29.0.